The van der Waals surface area contributed by atoms with Crippen LogP contribution in [0.5, 0.6) is 0 Å². The number of benzene rings is 1. The van der Waals surface area contributed by atoms with E-state index in [0.29, 0.717) is 5.57 Å². The average Bonchev–Trinajstić information content (AvgIpc) is 2.83. The van der Waals surface area contributed by atoms with Crippen molar-refractivity contribution in [2.45, 2.75) is 5.51 Å². The van der Waals surface area contributed by atoms with Gasteiger partial charge in [-0.1, -0.05) is 41.6 Å². The molecule has 22 heavy (non-hydrogen) atoms. The van der Waals surface area contributed by atoms with Gasteiger partial charge in [0.2, 0.25) is 0 Å². The SMILES string of the molecule is O=S(=O)(ON=C1C=CC=C2C1=Cc1ccccc12)C(F)(F)F. The molecule has 2 aliphatic carbocycles. The fourth-order valence-electron chi connectivity index (χ4n) is 2.17. The Hall–Kier alpha value is -2.35. The molecular weight excluding hydrogens is 319 g/mol. The van der Waals surface area contributed by atoms with Gasteiger partial charge in [0, 0.05) is 5.57 Å². The van der Waals surface area contributed by atoms with Crippen LogP contribution in [0.3, 0.4) is 0 Å². The first-order valence-corrected chi connectivity index (χ1v) is 7.48. The van der Waals surface area contributed by atoms with Crippen molar-refractivity contribution in [2.24, 2.45) is 5.16 Å². The van der Waals surface area contributed by atoms with E-state index in [-0.39, 0.29) is 5.71 Å². The molecule has 0 spiro atoms. The van der Waals surface area contributed by atoms with Crippen LogP contribution in [0.2, 0.25) is 0 Å². The van der Waals surface area contributed by atoms with Gasteiger partial charge in [0.15, 0.2) is 0 Å². The average molecular weight is 327 g/mol. The molecule has 0 N–H and O–H groups in total. The minimum atomic E-state index is -5.76. The fraction of sp³-hybridized carbons (Fsp3) is 0.0714. The molecule has 114 valence electrons. The highest BCUT2D eigenvalue weighted by molar-refractivity contribution is 7.87. The molecule has 0 atom stereocenters. The quantitative estimate of drug-likeness (QED) is 0.619. The van der Waals surface area contributed by atoms with E-state index in [2.05, 4.69) is 9.44 Å². The Morgan fingerprint density at radius 3 is 2.55 bits per heavy atom. The molecule has 0 bridgehead atoms. The standard InChI is InChI=1S/C14H8F3NO3S/c15-14(16,17)22(19,20)21-18-13-7-3-6-11-10-5-2-1-4-9(10)8-12(11)13/h1-8H. The van der Waals surface area contributed by atoms with Gasteiger partial charge >= 0.3 is 15.6 Å². The summed E-state index contributed by atoms with van der Waals surface area (Å²) in [6, 6.07) is 7.35. The van der Waals surface area contributed by atoms with Gasteiger partial charge in [-0.15, -0.1) is 0 Å². The minimum absolute atomic E-state index is 0.0153. The van der Waals surface area contributed by atoms with E-state index >= 15 is 0 Å². The van der Waals surface area contributed by atoms with E-state index in [0.717, 1.165) is 16.7 Å². The number of halogens is 3. The van der Waals surface area contributed by atoms with Crippen LogP contribution >= 0.6 is 0 Å². The molecule has 0 saturated heterocycles. The second kappa shape index (κ2) is 4.84. The number of alkyl halides is 3. The molecule has 0 saturated carbocycles. The fourth-order valence-corrected chi connectivity index (χ4v) is 2.44. The van der Waals surface area contributed by atoms with Gasteiger partial charge in [0.1, 0.15) is 5.71 Å². The summed E-state index contributed by atoms with van der Waals surface area (Å²) in [4.78, 5) is 0. The maximum Gasteiger partial charge on any atom is 0.536 e. The predicted molar refractivity (Wildman–Crippen MR) is 75.0 cm³/mol. The smallest absolute Gasteiger partial charge is 0.261 e. The zero-order chi connectivity index (χ0) is 16.0. The third-order valence-corrected chi connectivity index (χ3v) is 3.99. The topological polar surface area (TPSA) is 55.7 Å². The number of hydrogen-bond acceptors (Lipinski definition) is 4. The summed E-state index contributed by atoms with van der Waals surface area (Å²) in [6.45, 7) is 0. The normalized spacial score (nSPS) is 18.6. The van der Waals surface area contributed by atoms with Crippen molar-refractivity contribution in [3.63, 3.8) is 0 Å². The van der Waals surface area contributed by atoms with Crippen LogP contribution in [-0.2, 0) is 14.4 Å². The largest absolute Gasteiger partial charge is 0.536 e. The van der Waals surface area contributed by atoms with Crippen LogP contribution in [0.15, 0.2) is 53.2 Å². The molecular formula is C14H8F3NO3S. The summed E-state index contributed by atoms with van der Waals surface area (Å²) in [5, 5.41) is 3.16. The molecule has 3 rings (SSSR count). The van der Waals surface area contributed by atoms with Gasteiger partial charge < -0.3 is 0 Å². The molecule has 0 aromatic heterocycles. The molecule has 0 heterocycles. The first-order chi connectivity index (χ1) is 10.3. The lowest BCUT2D eigenvalue weighted by Gasteiger charge is -2.11. The van der Waals surface area contributed by atoms with Crippen molar-refractivity contribution in [3.05, 3.63) is 59.2 Å². The van der Waals surface area contributed by atoms with Crippen LogP contribution in [0.25, 0.3) is 11.6 Å². The van der Waals surface area contributed by atoms with Gasteiger partial charge in [-0.25, -0.2) is 0 Å². The van der Waals surface area contributed by atoms with E-state index in [1.165, 1.54) is 6.08 Å². The van der Waals surface area contributed by atoms with Crippen molar-refractivity contribution in [2.75, 3.05) is 0 Å². The molecule has 1 aromatic rings. The van der Waals surface area contributed by atoms with Crippen LogP contribution in [-0.4, -0.2) is 19.6 Å². The molecule has 8 heteroatoms. The summed E-state index contributed by atoms with van der Waals surface area (Å²) in [5.41, 5.74) is -2.46. The van der Waals surface area contributed by atoms with Gasteiger partial charge in [-0.2, -0.15) is 21.6 Å². The third kappa shape index (κ3) is 2.35. The summed E-state index contributed by atoms with van der Waals surface area (Å²) < 4.78 is 62.3. The zero-order valence-electron chi connectivity index (χ0n) is 10.8. The second-order valence-electron chi connectivity index (χ2n) is 4.54. The van der Waals surface area contributed by atoms with Crippen molar-refractivity contribution < 1.29 is 25.9 Å². The molecule has 0 unspecified atom stereocenters. The van der Waals surface area contributed by atoms with E-state index < -0.39 is 15.6 Å². The molecule has 2 aliphatic rings. The molecule has 0 fully saturated rings. The van der Waals surface area contributed by atoms with Gasteiger partial charge in [0.05, 0.1) is 0 Å². The lowest BCUT2D eigenvalue weighted by atomic mass is 9.96. The van der Waals surface area contributed by atoms with Crippen LogP contribution in [0.4, 0.5) is 13.2 Å². The van der Waals surface area contributed by atoms with E-state index in [1.54, 1.807) is 18.2 Å². The summed E-state index contributed by atoms with van der Waals surface area (Å²) in [5.74, 6) is 0. The van der Waals surface area contributed by atoms with E-state index in [4.69, 9.17) is 0 Å². The number of allylic oxidation sites excluding steroid dienone is 5. The Bertz CT molecular complexity index is 862. The molecule has 4 nitrogen and oxygen atoms in total. The van der Waals surface area contributed by atoms with Gasteiger partial charge in [-0.3, -0.25) is 4.28 Å². The third-order valence-electron chi connectivity index (χ3n) is 3.15. The van der Waals surface area contributed by atoms with E-state index in [9.17, 15) is 21.6 Å². The summed E-state index contributed by atoms with van der Waals surface area (Å²) in [7, 11) is -5.76. The highest BCUT2D eigenvalue weighted by Gasteiger charge is 2.49. The van der Waals surface area contributed by atoms with Gasteiger partial charge in [0.25, 0.3) is 0 Å². The Balaban J connectivity index is 1.95. The van der Waals surface area contributed by atoms with Crippen LogP contribution in [0, 0.1) is 0 Å². The van der Waals surface area contributed by atoms with Crippen molar-refractivity contribution in [3.8, 4) is 0 Å². The summed E-state index contributed by atoms with van der Waals surface area (Å²) in [6.07, 6.45) is 6.44. The molecule has 0 aliphatic heterocycles. The summed E-state index contributed by atoms with van der Waals surface area (Å²) >= 11 is 0. The Morgan fingerprint density at radius 2 is 1.82 bits per heavy atom. The van der Waals surface area contributed by atoms with Gasteiger partial charge in [-0.05, 0) is 28.9 Å². The number of nitrogens with zero attached hydrogens (tertiary/aromatic N) is 1. The van der Waals surface area contributed by atoms with Crippen molar-refractivity contribution in [1.82, 2.24) is 0 Å². The molecule has 0 radical (unpaired) electrons. The number of oxime groups is 1. The van der Waals surface area contributed by atoms with Crippen molar-refractivity contribution in [1.29, 1.82) is 0 Å². The number of fused-ring (bicyclic) bond motifs is 3. The predicted octanol–water partition coefficient (Wildman–Crippen LogP) is 3.26. The zero-order valence-corrected chi connectivity index (χ0v) is 11.6. The van der Waals surface area contributed by atoms with Crippen LogP contribution in [0.1, 0.15) is 11.1 Å². The highest BCUT2D eigenvalue weighted by Crippen LogP contribution is 2.38. The Morgan fingerprint density at radius 1 is 1.09 bits per heavy atom. The lowest BCUT2D eigenvalue weighted by Crippen LogP contribution is -2.24. The maximum absolute atomic E-state index is 12.2. The monoisotopic (exact) mass is 327 g/mol. The number of rotatable bonds is 2. The second-order valence-corrected chi connectivity index (χ2v) is 6.06. The van der Waals surface area contributed by atoms with Crippen molar-refractivity contribution >= 4 is 27.5 Å². The molecule has 0 amide bonds. The highest BCUT2D eigenvalue weighted by atomic mass is 32.2. The van der Waals surface area contributed by atoms with Crippen LogP contribution < -0.4 is 0 Å². The minimum Gasteiger partial charge on any atom is -0.261 e. The first-order valence-electron chi connectivity index (χ1n) is 6.08. The number of hydrogen-bond donors (Lipinski definition) is 0. The molecule has 1 aromatic carbocycles. The Labute approximate surface area is 124 Å². The maximum atomic E-state index is 12.2. The first kappa shape index (κ1) is 14.6. The lowest BCUT2D eigenvalue weighted by molar-refractivity contribution is -0.0540. The Kier molecular flexibility index (Phi) is 3.21. The van der Waals surface area contributed by atoms with E-state index in [1.807, 2.05) is 24.3 Å².